The molecular formula is C10H24N2O2. The second kappa shape index (κ2) is 9.40. The molecule has 4 nitrogen and oxygen atoms in total. The standard InChI is InChI=1S/C6H13NO.C4H11NO/c1-2-7-3-5-8-6-4-7;1-4(2)6-3-5/h2-6H2,1H3;4H,3,5H2,1-2H3. The molecule has 14 heavy (non-hydrogen) atoms. The Hall–Kier alpha value is -0.160. The van der Waals surface area contributed by atoms with E-state index in [4.69, 9.17) is 15.2 Å². The predicted octanol–water partition coefficient (Wildman–Crippen LogP) is 0.666. The minimum absolute atomic E-state index is 0.273. The Labute approximate surface area is 87.4 Å². The second-order valence-corrected chi connectivity index (χ2v) is 3.43. The highest BCUT2D eigenvalue weighted by Crippen LogP contribution is 1.93. The van der Waals surface area contributed by atoms with E-state index in [0.29, 0.717) is 6.73 Å². The van der Waals surface area contributed by atoms with Gasteiger partial charge in [0.25, 0.3) is 0 Å². The Balaban J connectivity index is 0.000000255. The fourth-order valence-corrected chi connectivity index (χ4v) is 1.11. The molecule has 1 aliphatic heterocycles. The van der Waals surface area contributed by atoms with Gasteiger partial charge in [0.05, 0.1) is 26.0 Å². The fraction of sp³-hybridized carbons (Fsp3) is 1.00. The number of nitrogens with two attached hydrogens (primary N) is 1. The van der Waals surface area contributed by atoms with Crippen LogP contribution in [0.1, 0.15) is 20.8 Å². The fourth-order valence-electron chi connectivity index (χ4n) is 1.11. The lowest BCUT2D eigenvalue weighted by molar-refractivity contribution is 0.0405. The predicted molar refractivity (Wildman–Crippen MR) is 58.2 cm³/mol. The van der Waals surface area contributed by atoms with Crippen molar-refractivity contribution in [1.82, 2.24) is 4.90 Å². The SMILES string of the molecule is CC(C)OCN.CCN1CCOCC1. The first kappa shape index (κ1) is 13.8. The van der Waals surface area contributed by atoms with Crippen molar-refractivity contribution in [3.05, 3.63) is 0 Å². The molecule has 0 saturated carbocycles. The summed E-state index contributed by atoms with van der Waals surface area (Å²) in [5.41, 5.74) is 5.01. The molecule has 1 saturated heterocycles. The number of morpholine rings is 1. The highest BCUT2D eigenvalue weighted by molar-refractivity contribution is 4.57. The minimum atomic E-state index is 0.273. The molecule has 2 N–H and O–H groups in total. The van der Waals surface area contributed by atoms with E-state index in [1.165, 1.54) is 6.54 Å². The van der Waals surface area contributed by atoms with Crippen molar-refractivity contribution in [2.75, 3.05) is 39.6 Å². The number of likely N-dealkylation sites (N-methyl/N-ethyl adjacent to an activating group) is 1. The topological polar surface area (TPSA) is 47.7 Å². The molecule has 0 spiro atoms. The van der Waals surface area contributed by atoms with Gasteiger partial charge in [-0.15, -0.1) is 0 Å². The molecule has 0 aromatic carbocycles. The van der Waals surface area contributed by atoms with E-state index in [-0.39, 0.29) is 6.10 Å². The van der Waals surface area contributed by atoms with E-state index in [1.54, 1.807) is 0 Å². The summed E-state index contributed by atoms with van der Waals surface area (Å²) in [6, 6.07) is 0. The molecule has 4 heteroatoms. The van der Waals surface area contributed by atoms with E-state index in [1.807, 2.05) is 13.8 Å². The van der Waals surface area contributed by atoms with E-state index in [0.717, 1.165) is 26.3 Å². The van der Waals surface area contributed by atoms with Gasteiger partial charge in [0, 0.05) is 13.1 Å². The van der Waals surface area contributed by atoms with Crippen molar-refractivity contribution in [3.63, 3.8) is 0 Å². The van der Waals surface area contributed by atoms with Crippen LogP contribution in [0.3, 0.4) is 0 Å². The maximum Gasteiger partial charge on any atom is 0.0943 e. The van der Waals surface area contributed by atoms with Crippen LogP contribution in [-0.4, -0.2) is 50.6 Å². The summed E-state index contributed by atoms with van der Waals surface area (Å²) in [5, 5.41) is 0. The lowest BCUT2D eigenvalue weighted by atomic mass is 10.4. The quantitative estimate of drug-likeness (QED) is 0.686. The van der Waals surface area contributed by atoms with Gasteiger partial charge in [-0.1, -0.05) is 6.92 Å². The van der Waals surface area contributed by atoms with Crippen LogP contribution in [0.4, 0.5) is 0 Å². The maximum absolute atomic E-state index is 5.16. The van der Waals surface area contributed by atoms with Gasteiger partial charge in [0.15, 0.2) is 0 Å². The number of nitrogens with zero attached hydrogens (tertiary/aromatic N) is 1. The molecule has 0 aliphatic carbocycles. The highest BCUT2D eigenvalue weighted by atomic mass is 16.5. The zero-order valence-corrected chi connectivity index (χ0v) is 9.66. The third kappa shape index (κ3) is 8.44. The molecule has 1 heterocycles. The van der Waals surface area contributed by atoms with Crippen molar-refractivity contribution in [2.45, 2.75) is 26.9 Å². The zero-order chi connectivity index (χ0) is 10.8. The molecule has 0 bridgehead atoms. The first-order valence-electron chi connectivity index (χ1n) is 5.32. The Kier molecular flexibility index (Phi) is 9.29. The molecule has 0 radical (unpaired) electrons. The van der Waals surface area contributed by atoms with Crippen molar-refractivity contribution in [1.29, 1.82) is 0 Å². The smallest absolute Gasteiger partial charge is 0.0943 e. The van der Waals surface area contributed by atoms with Gasteiger partial charge in [-0.25, -0.2) is 0 Å². The van der Waals surface area contributed by atoms with Gasteiger partial charge in [0.1, 0.15) is 0 Å². The van der Waals surface area contributed by atoms with E-state index in [2.05, 4.69) is 11.8 Å². The zero-order valence-electron chi connectivity index (χ0n) is 9.66. The molecule has 1 fully saturated rings. The average molecular weight is 204 g/mol. The van der Waals surface area contributed by atoms with Gasteiger partial charge in [-0.05, 0) is 20.4 Å². The van der Waals surface area contributed by atoms with Gasteiger partial charge >= 0.3 is 0 Å². The maximum atomic E-state index is 5.16. The number of hydrogen-bond acceptors (Lipinski definition) is 4. The molecule has 0 amide bonds. The molecule has 1 rings (SSSR count). The Morgan fingerprint density at radius 2 is 1.93 bits per heavy atom. The van der Waals surface area contributed by atoms with E-state index in [9.17, 15) is 0 Å². The van der Waals surface area contributed by atoms with Crippen LogP contribution >= 0.6 is 0 Å². The van der Waals surface area contributed by atoms with Crippen molar-refractivity contribution >= 4 is 0 Å². The average Bonchev–Trinajstić information content (AvgIpc) is 2.20. The first-order chi connectivity index (χ1) is 6.70. The van der Waals surface area contributed by atoms with Crippen LogP contribution in [0.15, 0.2) is 0 Å². The van der Waals surface area contributed by atoms with Crippen LogP contribution in [0.25, 0.3) is 0 Å². The molecular weight excluding hydrogens is 180 g/mol. The third-order valence-corrected chi connectivity index (χ3v) is 1.98. The van der Waals surface area contributed by atoms with Crippen LogP contribution in [0.2, 0.25) is 0 Å². The Morgan fingerprint density at radius 3 is 2.14 bits per heavy atom. The van der Waals surface area contributed by atoms with Crippen LogP contribution in [0, 0.1) is 0 Å². The summed E-state index contributed by atoms with van der Waals surface area (Å²) in [4.78, 5) is 2.39. The number of hydrogen-bond donors (Lipinski definition) is 1. The summed E-state index contributed by atoms with van der Waals surface area (Å²) in [5.74, 6) is 0. The van der Waals surface area contributed by atoms with Gasteiger partial charge in [-0.3, -0.25) is 4.90 Å². The largest absolute Gasteiger partial charge is 0.379 e. The van der Waals surface area contributed by atoms with Crippen molar-refractivity contribution in [3.8, 4) is 0 Å². The highest BCUT2D eigenvalue weighted by Gasteiger charge is 2.05. The van der Waals surface area contributed by atoms with Gasteiger partial charge in [0.2, 0.25) is 0 Å². The normalized spacial score (nSPS) is 17.8. The summed E-state index contributed by atoms with van der Waals surface area (Å²) >= 11 is 0. The Morgan fingerprint density at radius 1 is 1.36 bits per heavy atom. The monoisotopic (exact) mass is 204 g/mol. The number of rotatable bonds is 3. The molecule has 0 unspecified atom stereocenters. The summed E-state index contributed by atoms with van der Waals surface area (Å²) in [7, 11) is 0. The molecule has 86 valence electrons. The lowest BCUT2D eigenvalue weighted by Crippen LogP contribution is -2.35. The van der Waals surface area contributed by atoms with Gasteiger partial charge in [-0.2, -0.15) is 0 Å². The molecule has 1 aliphatic rings. The van der Waals surface area contributed by atoms with Crippen LogP contribution in [0.5, 0.6) is 0 Å². The van der Waals surface area contributed by atoms with Crippen LogP contribution < -0.4 is 5.73 Å². The first-order valence-corrected chi connectivity index (χ1v) is 5.32. The summed E-state index contributed by atoms with van der Waals surface area (Å²) in [6.45, 7) is 11.7. The van der Waals surface area contributed by atoms with E-state index < -0.39 is 0 Å². The summed E-state index contributed by atoms with van der Waals surface area (Å²) in [6.07, 6.45) is 0.273. The molecule has 0 aromatic rings. The number of ether oxygens (including phenoxy) is 2. The van der Waals surface area contributed by atoms with Gasteiger partial charge < -0.3 is 15.2 Å². The second-order valence-electron chi connectivity index (χ2n) is 3.43. The molecule has 0 aromatic heterocycles. The molecule has 0 atom stereocenters. The minimum Gasteiger partial charge on any atom is -0.379 e. The third-order valence-electron chi connectivity index (χ3n) is 1.98. The summed E-state index contributed by atoms with van der Waals surface area (Å²) < 4.78 is 9.98. The van der Waals surface area contributed by atoms with E-state index >= 15 is 0 Å². The van der Waals surface area contributed by atoms with Crippen molar-refractivity contribution in [2.24, 2.45) is 5.73 Å². The van der Waals surface area contributed by atoms with Crippen molar-refractivity contribution < 1.29 is 9.47 Å². The lowest BCUT2D eigenvalue weighted by Gasteiger charge is -2.24. The van der Waals surface area contributed by atoms with Crippen LogP contribution in [-0.2, 0) is 9.47 Å². The Bertz CT molecular complexity index is 115.